The molecule has 0 aliphatic rings. The summed E-state index contributed by atoms with van der Waals surface area (Å²) in [7, 11) is -3.37. The van der Waals surface area contributed by atoms with E-state index in [1.54, 1.807) is 60.3 Å². The van der Waals surface area contributed by atoms with Crippen molar-refractivity contribution in [3.63, 3.8) is 0 Å². The fraction of sp³-hybridized carbons (Fsp3) is 0.227. The Bertz CT molecular complexity index is 1390. The van der Waals surface area contributed by atoms with Gasteiger partial charge >= 0.3 is 0 Å². The third-order valence-corrected chi connectivity index (χ3v) is 7.15. The molecule has 0 unspecified atom stereocenters. The quantitative estimate of drug-likeness (QED) is 0.423. The highest BCUT2D eigenvalue weighted by atomic mass is 32.2. The van der Waals surface area contributed by atoms with Crippen molar-refractivity contribution in [2.75, 3.05) is 15.8 Å². The lowest BCUT2D eigenvalue weighted by Crippen LogP contribution is -2.16. The molecule has 32 heavy (non-hydrogen) atoms. The van der Waals surface area contributed by atoms with Crippen molar-refractivity contribution >= 4 is 49.7 Å². The van der Waals surface area contributed by atoms with Crippen molar-refractivity contribution in [3.05, 3.63) is 69.7 Å². The summed E-state index contributed by atoms with van der Waals surface area (Å²) in [6.45, 7) is 5.79. The second-order valence-electron chi connectivity index (χ2n) is 7.42. The smallest absolute Gasteiger partial charge is 0.256 e. The number of anilines is 2. The van der Waals surface area contributed by atoms with E-state index in [9.17, 15) is 13.2 Å². The van der Waals surface area contributed by atoms with Crippen LogP contribution >= 0.6 is 11.3 Å². The van der Waals surface area contributed by atoms with E-state index in [1.807, 2.05) is 24.4 Å². The molecule has 0 spiro atoms. The summed E-state index contributed by atoms with van der Waals surface area (Å²) >= 11 is 1.64. The van der Waals surface area contributed by atoms with E-state index in [2.05, 4.69) is 20.1 Å². The molecule has 0 atom stereocenters. The van der Waals surface area contributed by atoms with Crippen LogP contribution in [0.15, 0.2) is 48.0 Å². The third kappa shape index (κ3) is 4.66. The molecular formula is C22H23N5O3S2. The van der Waals surface area contributed by atoms with Gasteiger partial charge < -0.3 is 5.32 Å². The van der Waals surface area contributed by atoms with Gasteiger partial charge in [-0.15, -0.1) is 11.3 Å². The number of rotatable bonds is 7. The molecule has 4 aromatic rings. The zero-order valence-corrected chi connectivity index (χ0v) is 19.5. The molecule has 0 saturated carbocycles. The molecular weight excluding hydrogens is 446 g/mol. The number of hydrogen-bond acceptors (Lipinski definition) is 6. The molecule has 0 aliphatic heterocycles. The van der Waals surface area contributed by atoms with Gasteiger partial charge in [-0.2, -0.15) is 5.10 Å². The SMILES string of the molecule is CCS(=O)(=O)Nc1ccc(NC(=O)c2cc(C)nc3c2cnn3Cc2cccs2)cc1C. The van der Waals surface area contributed by atoms with Gasteiger partial charge in [0.25, 0.3) is 5.91 Å². The molecule has 3 heterocycles. The Morgan fingerprint density at radius 1 is 1.19 bits per heavy atom. The average molecular weight is 470 g/mol. The molecule has 0 fully saturated rings. The van der Waals surface area contributed by atoms with Crippen molar-refractivity contribution in [3.8, 4) is 0 Å². The lowest BCUT2D eigenvalue weighted by atomic mass is 10.1. The number of hydrogen-bond donors (Lipinski definition) is 2. The Hall–Kier alpha value is -3.24. The van der Waals surface area contributed by atoms with Gasteiger partial charge in [0.2, 0.25) is 10.0 Å². The van der Waals surface area contributed by atoms with E-state index in [1.165, 1.54) is 0 Å². The van der Waals surface area contributed by atoms with Crippen LogP contribution in [0.1, 0.15) is 33.4 Å². The van der Waals surface area contributed by atoms with Crippen LogP contribution in [0.2, 0.25) is 0 Å². The molecule has 0 bridgehead atoms. The Morgan fingerprint density at radius 2 is 2.00 bits per heavy atom. The number of pyridine rings is 1. The lowest BCUT2D eigenvalue weighted by molar-refractivity contribution is 0.102. The van der Waals surface area contributed by atoms with Crippen LogP contribution < -0.4 is 10.0 Å². The largest absolute Gasteiger partial charge is 0.322 e. The number of aromatic nitrogens is 3. The number of aryl methyl sites for hydroxylation is 2. The number of thiophene rings is 1. The highest BCUT2D eigenvalue weighted by Crippen LogP contribution is 2.24. The Labute approximate surface area is 190 Å². The van der Waals surface area contributed by atoms with Crippen LogP contribution in [0.25, 0.3) is 11.0 Å². The van der Waals surface area contributed by atoms with Gasteiger partial charge in [-0.3, -0.25) is 9.52 Å². The highest BCUT2D eigenvalue weighted by Gasteiger charge is 2.17. The highest BCUT2D eigenvalue weighted by molar-refractivity contribution is 7.92. The molecule has 0 saturated heterocycles. The van der Waals surface area contributed by atoms with E-state index < -0.39 is 10.0 Å². The molecule has 3 aromatic heterocycles. The Balaban J connectivity index is 1.60. The number of fused-ring (bicyclic) bond motifs is 1. The first-order valence-corrected chi connectivity index (χ1v) is 12.6. The van der Waals surface area contributed by atoms with Crippen LogP contribution in [0.4, 0.5) is 11.4 Å². The zero-order valence-electron chi connectivity index (χ0n) is 17.9. The Morgan fingerprint density at radius 3 is 2.69 bits per heavy atom. The number of amides is 1. The van der Waals surface area contributed by atoms with Gasteiger partial charge in [0.1, 0.15) is 0 Å². The zero-order chi connectivity index (χ0) is 22.9. The molecule has 4 rings (SSSR count). The number of benzene rings is 1. The molecule has 0 aliphatic carbocycles. The summed E-state index contributed by atoms with van der Waals surface area (Å²) in [6.07, 6.45) is 1.66. The standard InChI is InChI=1S/C22H23N5O3S2/c1-4-32(29,30)26-20-8-7-16(10-14(20)2)25-22(28)18-11-15(3)24-21-19(18)12-23-27(21)13-17-6-5-9-31-17/h5-12,26H,4,13H2,1-3H3,(H,25,28). The third-order valence-electron chi connectivity index (χ3n) is 5.00. The second-order valence-corrected chi connectivity index (χ2v) is 10.5. The summed E-state index contributed by atoms with van der Waals surface area (Å²) in [5.41, 5.74) is 3.63. The summed E-state index contributed by atoms with van der Waals surface area (Å²) in [6, 6.07) is 10.8. The minimum absolute atomic E-state index is 0.0114. The minimum Gasteiger partial charge on any atom is -0.322 e. The van der Waals surface area contributed by atoms with Crippen LogP contribution in [-0.2, 0) is 16.6 Å². The number of carbonyl (C=O) groups is 1. The van der Waals surface area contributed by atoms with Crippen LogP contribution in [-0.4, -0.2) is 34.8 Å². The maximum absolute atomic E-state index is 13.1. The van der Waals surface area contributed by atoms with E-state index in [0.29, 0.717) is 40.1 Å². The Kier molecular flexibility index (Phi) is 5.98. The maximum Gasteiger partial charge on any atom is 0.256 e. The summed E-state index contributed by atoms with van der Waals surface area (Å²) in [5.74, 6) is -0.292. The predicted molar refractivity (Wildman–Crippen MR) is 128 cm³/mol. The average Bonchev–Trinajstić information content (AvgIpc) is 3.40. The van der Waals surface area contributed by atoms with Crippen molar-refractivity contribution in [2.45, 2.75) is 27.3 Å². The van der Waals surface area contributed by atoms with Gasteiger partial charge in [0, 0.05) is 16.3 Å². The van der Waals surface area contributed by atoms with E-state index in [4.69, 9.17) is 0 Å². The molecule has 8 nitrogen and oxygen atoms in total. The van der Waals surface area contributed by atoms with Gasteiger partial charge in [0.15, 0.2) is 5.65 Å². The first-order chi connectivity index (χ1) is 15.3. The monoisotopic (exact) mass is 469 g/mol. The first kappa shape index (κ1) is 22.0. The van der Waals surface area contributed by atoms with Gasteiger partial charge in [-0.1, -0.05) is 6.07 Å². The van der Waals surface area contributed by atoms with Crippen molar-refractivity contribution in [1.29, 1.82) is 0 Å². The fourth-order valence-corrected chi connectivity index (χ4v) is 4.71. The van der Waals surface area contributed by atoms with Crippen molar-refractivity contribution < 1.29 is 13.2 Å². The van der Waals surface area contributed by atoms with Crippen LogP contribution in [0.3, 0.4) is 0 Å². The molecule has 166 valence electrons. The van der Waals surface area contributed by atoms with Crippen LogP contribution in [0, 0.1) is 13.8 Å². The van der Waals surface area contributed by atoms with Crippen molar-refractivity contribution in [1.82, 2.24) is 14.8 Å². The fourth-order valence-electron chi connectivity index (χ4n) is 3.32. The lowest BCUT2D eigenvalue weighted by Gasteiger charge is -2.12. The number of nitrogens with zero attached hydrogens (tertiary/aromatic N) is 3. The number of nitrogens with one attached hydrogen (secondary N) is 2. The number of sulfonamides is 1. The molecule has 2 N–H and O–H groups in total. The normalized spacial score (nSPS) is 11.6. The van der Waals surface area contributed by atoms with Gasteiger partial charge in [-0.05, 0) is 62.0 Å². The van der Waals surface area contributed by atoms with E-state index in [-0.39, 0.29) is 11.7 Å². The molecule has 10 heteroatoms. The second kappa shape index (κ2) is 8.71. The van der Waals surface area contributed by atoms with Crippen molar-refractivity contribution in [2.24, 2.45) is 0 Å². The molecule has 1 aromatic carbocycles. The van der Waals surface area contributed by atoms with E-state index in [0.717, 1.165) is 10.6 Å². The van der Waals surface area contributed by atoms with Crippen LogP contribution in [0.5, 0.6) is 0 Å². The minimum atomic E-state index is -3.37. The molecule has 0 radical (unpaired) electrons. The first-order valence-electron chi connectivity index (χ1n) is 10.0. The van der Waals surface area contributed by atoms with Gasteiger partial charge in [-0.25, -0.2) is 18.1 Å². The van der Waals surface area contributed by atoms with E-state index >= 15 is 0 Å². The summed E-state index contributed by atoms with van der Waals surface area (Å²) < 4.78 is 28.0. The topological polar surface area (TPSA) is 106 Å². The molecule has 1 amide bonds. The predicted octanol–water partition coefficient (Wildman–Crippen LogP) is 4.17. The van der Waals surface area contributed by atoms with Gasteiger partial charge in [0.05, 0.1) is 35.1 Å². The number of carbonyl (C=O) groups excluding carboxylic acids is 1. The summed E-state index contributed by atoms with van der Waals surface area (Å²) in [5, 5.41) is 10.0. The maximum atomic E-state index is 13.1. The summed E-state index contributed by atoms with van der Waals surface area (Å²) in [4.78, 5) is 18.8.